The highest BCUT2D eigenvalue weighted by Crippen LogP contribution is 2.28. The van der Waals surface area contributed by atoms with Crippen LogP contribution in [0, 0.1) is 0 Å². The zero-order valence-corrected chi connectivity index (χ0v) is 10.5. The number of carbonyl (C=O) groups excluding carboxylic acids is 1. The fraction of sp³-hybridized carbons (Fsp3) is 0.818. The number of carbonyl (C=O) groups is 1. The summed E-state index contributed by atoms with van der Waals surface area (Å²) < 4.78 is 37.0. The topological polar surface area (TPSA) is 53.9 Å². The maximum Gasteiger partial charge on any atom is 0.427 e. The molecule has 1 aliphatic heterocycles. The highest BCUT2D eigenvalue weighted by atomic mass is 19.4. The van der Waals surface area contributed by atoms with Crippen LogP contribution in [0.5, 0.6) is 0 Å². The number of aliphatic imine (C=N–C) groups is 1. The molecule has 2 rings (SSSR count). The number of hydrogen-bond donors (Lipinski definition) is 1. The minimum atomic E-state index is -4.51. The minimum Gasteiger partial charge on any atom is -0.390 e. The Morgan fingerprint density at radius 1 is 1.53 bits per heavy atom. The highest BCUT2D eigenvalue weighted by Gasteiger charge is 2.44. The Morgan fingerprint density at radius 2 is 2.21 bits per heavy atom. The van der Waals surface area contributed by atoms with E-state index in [0.29, 0.717) is 6.54 Å². The average molecular weight is 279 g/mol. The lowest BCUT2D eigenvalue weighted by atomic mass is 10.3. The molecule has 1 amide bonds. The van der Waals surface area contributed by atoms with E-state index in [1.165, 1.54) is 0 Å². The number of hydroxylamine groups is 1. The molecule has 1 atom stereocenters. The molecule has 1 heterocycles. The molecule has 0 saturated heterocycles. The van der Waals surface area contributed by atoms with Crippen molar-refractivity contribution in [2.45, 2.75) is 51.0 Å². The van der Waals surface area contributed by atoms with Gasteiger partial charge < -0.3 is 9.74 Å². The van der Waals surface area contributed by atoms with Gasteiger partial charge in [0.1, 0.15) is 6.42 Å². The second-order valence-electron chi connectivity index (χ2n) is 4.68. The Kier molecular flexibility index (Phi) is 3.98. The number of nitrogens with zero attached hydrogens (tertiary/aromatic N) is 2. The van der Waals surface area contributed by atoms with Crippen LogP contribution in [0.15, 0.2) is 4.99 Å². The molecule has 19 heavy (non-hydrogen) atoms. The van der Waals surface area contributed by atoms with Crippen LogP contribution in [0.3, 0.4) is 0 Å². The lowest BCUT2D eigenvalue weighted by Crippen LogP contribution is -2.36. The minimum absolute atomic E-state index is 0.200. The zero-order valence-electron chi connectivity index (χ0n) is 10.5. The van der Waals surface area contributed by atoms with E-state index in [0.717, 1.165) is 19.3 Å². The molecular formula is C11H16F3N3O2. The summed E-state index contributed by atoms with van der Waals surface area (Å²) in [5.74, 6) is -0.429. The van der Waals surface area contributed by atoms with Crippen molar-refractivity contribution in [3.05, 3.63) is 0 Å². The summed E-state index contributed by atoms with van der Waals surface area (Å²) in [6.45, 7) is 2.57. The first-order chi connectivity index (χ1) is 8.91. The molecule has 0 radical (unpaired) electrons. The monoisotopic (exact) mass is 279 g/mol. The molecule has 1 fully saturated rings. The van der Waals surface area contributed by atoms with Gasteiger partial charge in [0.15, 0.2) is 0 Å². The standard InChI is InChI=1S/C11H16F3N3O2/c1-2-5-17(7-3-4-7)9(18)6-8-15-10(16-19-8)11(12,13)14/h7,10,16H,2-6H2,1H3. The van der Waals surface area contributed by atoms with Crippen molar-refractivity contribution < 1.29 is 22.8 Å². The molecule has 0 bridgehead atoms. The zero-order chi connectivity index (χ0) is 14.0. The molecule has 2 aliphatic rings. The fourth-order valence-electron chi connectivity index (χ4n) is 1.91. The van der Waals surface area contributed by atoms with E-state index >= 15 is 0 Å². The first-order valence-electron chi connectivity index (χ1n) is 6.27. The average Bonchev–Trinajstić information content (AvgIpc) is 3.03. The van der Waals surface area contributed by atoms with E-state index in [1.54, 1.807) is 10.4 Å². The maximum absolute atomic E-state index is 12.3. The highest BCUT2D eigenvalue weighted by molar-refractivity contribution is 5.97. The van der Waals surface area contributed by atoms with Gasteiger partial charge in [0.25, 0.3) is 0 Å². The van der Waals surface area contributed by atoms with E-state index in [1.807, 2.05) is 6.92 Å². The van der Waals surface area contributed by atoms with Crippen molar-refractivity contribution in [1.29, 1.82) is 0 Å². The van der Waals surface area contributed by atoms with Crippen LogP contribution < -0.4 is 5.48 Å². The second-order valence-corrected chi connectivity index (χ2v) is 4.68. The summed E-state index contributed by atoms with van der Waals surface area (Å²) in [4.78, 5) is 21.6. The number of hydrogen-bond acceptors (Lipinski definition) is 4. The van der Waals surface area contributed by atoms with Gasteiger partial charge in [-0.2, -0.15) is 13.2 Å². The molecule has 0 aromatic carbocycles. The van der Waals surface area contributed by atoms with Gasteiger partial charge in [-0.1, -0.05) is 6.92 Å². The summed E-state index contributed by atoms with van der Waals surface area (Å²) >= 11 is 0. The second kappa shape index (κ2) is 5.36. The number of halogens is 3. The van der Waals surface area contributed by atoms with Crippen LogP contribution in [0.4, 0.5) is 13.2 Å². The van der Waals surface area contributed by atoms with Gasteiger partial charge in [-0.3, -0.25) is 4.79 Å². The first kappa shape index (κ1) is 14.1. The van der Waals surface area contributed by atoms with E-state index < -0.39 is 12.3 Å². The van der Waals surface area contributed by atoms with Crippen LogP contribution in [0.25, 0.3) is 0 Å². The van der Waals surface area contributed by atoms with Crippen LogP contribution in [0.2, 0.25) is 0 Å². The molecular weight excluding hydrogens is 263 g/mol. The predicted molar refractivity (Wildman–Crippen MR) is 61.1 cm³/mol. The van der Waals surface area contributed by atoms with Gasteiger partial charge in [-0.15, -0.1) is 5.48 Å². The first-order valence-corrected chi connectivity index (χ1v) is 6.27. The number of amides is 1. The molecule has 0 aromatic heterocycles. The molecule has 5 nitrogen and oxygen atoms in total. The van der Waals surface area contributed by atoms with Gasteiger partial charge in [0.2, 0.25) is 18.0 Å². The van der Waals surface area contributed by atoms with Crippen molar-refractivity contribution in [2.75, 3.05) is 6.54 Å². The third-order valence-corrected chi connectivity index (χ3v) is 2.95. The molecule has 108 valence electrons. The summed E-state index contributed by atoms with van der Waals surface area (Å²) in [5.41, 5.74) is 1.77. The Morgan fingerprint density at radius 3 is 2.68 bits per heavy atom. The van der Waals surface area contributed by atoms with Gasteiger partial charge in [-0.25, -0.2) is 4.99 Å². The summed E-state index contributed by atoms with van der Waals surface area (Å²) in [6.07, 6.45) is -4.07. The van der Waals surface area contributed by atoms with Crippen LogP contribution in [-0.2, 0) is 9.63 Å². The number of alkyl halides is 3. The normalized spacial score (nSPS) is 22.9. The number of rotatable bonds is 5. The summed E-state index contributed by atoms with van der Waals surface area (Å²) in [5, 5.41) is 0. The van der Waals surface area contributed by atoms with Crippen molar-refractivity contribution in [3.8, 4) is 0 Å². The molecule has 1 saturated carbocycles. The summed E-state index contributed by atoms with van der Waals surface area (Å²) in [6, 6.07) is 0.237. The van der Waals surface area contributed by atoms with Crippen molar-refractivity contribution in [1.82, 2.24) is 10.4 Å². The quantitative estimate of drug-likeness (QED) is 0.831. The molecule has 0 aromatic rings. The number of nitrogens with one attached hydrogen (secondary N) is 1. The summed E-state index contributed by atoms with van der Waals surface area (Å²) in [7, 11) is 0. The molecule has 0 spiro atoms. The third kappa shape index (κ3) is 3.59. The van der Waals surface area contributed by atoms with Crippen LogP contribution in [-0.4, -0.2) is 41.6 Å². The molecule has 1 N–H and O–H groups in total. The maximum atomic E-state index is 12.3. The molecule has 1 aliphatic carbocycles. The third-order valence-electron chi connectivity index (χ3n) is 2.95. The lowest BCUT2D eigenvalue weighted by Gasteiger charge is -2.21. The van der Waals surface area contributed by atoms with Crippen molar-refractivity contribution in [2.24, 2.45) is 4.99 Å². The van der Waals surface area contributed by atoms with Gasteiger partial charge in [-0.05, 0) is 19.3 Å². The van der Waals surface area contributed by atoms with Gasteiger partial charge in [0.05, 0.1) is 0 Å². The SMILES string of the molecule is CCCN(C(=O)CC1=NC(C(F)(F)F)NO1)C1CC1. The van der Waals surface area contributed by atoms with E-state index in [4.69, 9.17) is 0 Å². The van der Waals surface area contributed by atoms with Gasteiger partial charge in [0, 0.05) is 12.6 Å². The van der Waals surface area contributed by atoms with Crippen LogP contribution in [0.1, 0.15) is 32.6 Å². The Labute approximate surface area is 108 Å². The Hall–Kier alpha value is -1.31. The van der Waals surface area contributed by atoms with Crippen molar-refractivity contribution >= 4 is 11.8 Å². The van der Waals surface area contributed by atoms with Gasteiger partial charge >= 0.3 is 6.18 Å². The Bertz CT molecular complexity index is 380. The van der Waals surface area contributed by atoms with E-state index in [2.05, 4.69) is 9.83 Å². The Balaban J connectivity index is 1.92. The largest absolute Gasteiger partial charge is 0.427 e. The smallest absolute Gasteiger partial charge is 0.390 e. The van der Waals surface area contributed by atoms with Crippen LogP contribution >= 0.6 is 0 Å². The fourth-order valence-corrected chi connectivity index (χ4v) is 1.91. The molecule has 1 unspecified atom stereocenters. The van der Waals surface area contributed by atoms with Crippen molar-refractivity contribution in [3.63, 3.8) is 0 Å². The molecule has 8 heteroatoms. The lowest BCUT2D eigenvalue weighted by molar-refractivity contribution is -0.164. The predicted octanol–water partition coefficient (Wildman–Crippen LogP) is 1.60. The van der Waals surface area contributed by atoms with E-state index in [-0.39, 0.29) is 24.3 Å². The van der Waals surface area contributed by atoms with E-state index in [9.17, 15) is 18.0 Å².